The summed E-state index contributed by atoms with van der Waals surface area (Å²) in [6.07, 6.45) is 4.52. The molecule has 0 spiro atoms. The van der Waals surface area contributed by atoms with Crippen molar-refractivity contribution in [2.45, 2.75) is 25.2 Å². The Labute approximate surface area is 129 Å². The van der Waals surface area contributed by atoms with E-state index in [1.807, 2.05) is 0 Å². The average molecular weight is 334 g/mol. The van der Waals surface area contributed by atoms with Gasteiger partial charge in [0, 0.05) is 26.7 Å². The normalized spacial score (nSPS) is 21.8. The fraction of sp³-hybridized carbons (Fsp3) is 0.538. The Balaban J connectivity index is 0.00000116. The standard InChI is InChI=1S/C12H16NO6P.CH4O/c1-17-20(16)18-8-10-4-5-11(19-10)13-6-2-3-9(7-13)12(14)15;1-2/h2-3,6-7,10-11,16H,4-5,8H2,1H3;2H,1H3/p+1. The van der Waals surface area contributed by atoms with Crippen LogP contribution in [-0.4, -0.2) is 48.0 Å². The minimum atomic E-state index is -1.84. The summed E-state index contributed by atoms with van der Waals surface area (Å²) in [4.78, 5) is 20.1. The lowest BCUT2D eigenvalue weighted by Gasteiger charge is -2.12. The van der Waals surface area contributed by atoms with Crippen LogP contribution in [0.5, 0.6) is 0 Å². The molecule has 0 saturated carbocycles. The van der Waals surface area contributed by atoms with E-state index in [0.29, 0.717) is 0 Å². The summed E-state index contributed by atoms with van der Waals surface area (Å²) in [5.41, 5.74) is 0.217. The molecule has 8 nitrogen and oxygen atoms in total. The monoisotopic (exact) mass is 334 g/mol. The number of aromatic carboxylic acids is 1. The lowest BCUT2D eigenvalue weighted by atomic mass is 10.2. The van der Waals surface area contributed by atoms with E-state index in [1.54, 1.807) is 23.0 Å². The molecule has 1 aromatic rings. The molecule has 0 aromatic carbocycles. The number of hydrogen-bond donors (Lipinski definition) is 3. The first-order valence-corrected chi connectivity index (χ1v) is 7.73. The van der Waals surface area contributed by atoms with Crippen molar-refractivity contribution < 1.29 is 38.3 Å². The quantitative estimate of drug-likeness (QED) is 0.522. The summed E-state index contributed by atoms with van der Waals surface area (Å²) >= 11 is 0. The lowest BCUT2D eigenvalue weighted by Crippen LogP contribution is -2.39. The maximum atomic E-state index is 10.9. The topological polar surface area (TPSA) is 109 Å². The van der Waals surface area contributed by atoms with Gasteiger partial charge in [-0.15, -0.1) is 0 Å². The molecule has 1 fully saturated rings. The van der Waals surface area contributed by atoms with Crippen LogP contribution in [0.2, 0.25) is 0 Å². The van der Waals surface area contributed by atoms with Crippen LogP contribution in [0.3, 0.4) is 0 Å². The molecule has 9 heteroatoms. The minimum absolute atomic E-state index is 0.131. The van der Waals surface area contributed by atoms with E-state index in [0.717, 1.165) is 20.0 Å². The number of nitrogens with zero attached hydrogens (tertiary/aromatic N) is 1. The second-order valence-corrected chi connectivity index (χ2v) is 5.45. The van der Waals surface area contributed by atoms with Crippen molar-refractivity contribution in [1.29, 1.82) is 0 Å². The van der Waals surface area contributed by atoms with E-state index < -0.39 is 14.6 Å². The second kappa shape index (κ2) is 9.78. The van der Waals surface area contributed by atoms with Gasteiger partial charge in [0.05, 0.1) is 12.7 Å². The summed E-state index contributed by atoms with van der Waals surface area (Å²) in [6.45, 7) is 0.256. The molecule has 3 atom stereocenters. The molecular formula is C13H21NO7P+. The van der Waals surface area contributed by atoms with Gasteiger partial charge in [-0.3, -0.25) is 0 Å². The molecule has 1 aliphatic heterocycles. The van der Waals surface area contributed by atoms with Crippen LogP contribution in [0.25, 0.3) is 0 Å². The molecular weight excluding hydrogens is 313 g/mol. The molecule has 1 saturated heterocycles. The molecule has 124 valence electrons. The van der Waals surface area contributed by atoms with Crippen LogP contribution in [0, 0.1) is 0 Å². The van der Waals surface area contributed by atoms with Crippen LogP contribution in [-0.2, 0) is 13.8 Å². The molecule has 1 aromatic heterocycles. The first kappa shape index (κ1) is 18.9. The van der Waals surface area contributed by atoms with E-state index in [-0.39, 0.29) is 24.5 Å². The Kier molecular flexibility index (Phi) is 8.40. The van der Waals surface area contributed by atoms with Gasteiger partial charge in [-0.1, -0.05) is 0 Å². The fourth-order valence-electron chi connectivity index (χ4n) is 2.03. The van der Waals surface area contributed by atoms with Crippen LogP contribution in [0.15, 0.2) is 24.5 Å². The van der Waals surface area contributed by atoms with E-state index in [1.165, 1.54) is 13.2 Å². The van der Waals surface area contributed by atoms with Gasteiger partial charge in [0.2, 0.25) is 0 Å². The number of pyridine rings is 1. The Morgan fingerprint density at radius 2 is 2.23 bits per heavy atom. The van der Waals surface area contributed by atoms with E-state index in [2.05, 4.69) is 4.52 Å². The zero-order chi connectivity index (χ0) is 16.5. The summed E-state index contributed by atoms with van der Waals surface area (Å²) in [7, 11) is 0.531. The molecule has 3 unspecified atom stereocenters. The smallest absolute Gasteiger partial charge is 0.341 e. The third-order valence-electron chi connectivity index (χ3n) is 3.01. The molecule has 22 heavy (non-hydrogen) atoms. The molecule has 0 amide bonds. The van der Waals surface area contributed by atoms with Gasteiger partial charge in [0.25, 0.3) is 6.23 Å². The first-order valence-electron chi connectivity index (χ1n) is 6.60. The summed E-state index contributed by atoms with van der Waals surface area (Å²) in [5.74, 6) is -0.969. The largest absolute Gasteiger partial charge is 0.477 e. The molecule has 2 rings (SSSR count). The van der Waals surface area contributed by atoms with Gasteiger partial charge in [-0.2, -0.15) is 4.57 Å². The Bertz CT molecular complexity index is 473. The predicted octanol–water partition coefficient (Wildman–Crippen LogP) is 0.841. The number of rotatable bonds is 6. The summed E-state index contributed by atoms with van der Waals surface area (Å²) in [6, 6.07) is 3.21. The highest BCUT2D eigenvalue weighted by Gasteiger charge is 2.32. The van der Waals surface area contributed by atoms with Crippen LogP contribution in [0.4, 0.5) is 0 Å². The number of carboxylic acids is 1. The van der Waals surface area contributed by atoms with Crippen molar-refractivity contribution in [1.82, 2.24) is 0 Å². The van der Waals surface area contributed by atoms with Crippen molar-refractivity contribution in [3.8, 4) is 0 Å². The van der Waals surface area contributed by atoms with Crippen molar-refractivity contribution in [2.24, 2.45) is 0 Å². The van der Waals surface area contributed by atoms with Gasteiger partial charge < -0.3 is 28.9 Å². The van der Waals surface area contributed by atoms with Gasteiger partial charge in [0.1, 0.15) is 5.56 Å². The number of aliphatic hydroxyl groups is 1. The maximum Gasteiger partial charge on any atom is 0.341 e. The number of aromatic nitrogens is 1. The van der Waals surface area contributed by atoms with Crippen molar-refractivity contribution in [3.63, 3.8) is 0 Å². The Morgan fingerprint density at radius 1 is 1.50 bits per heavy atom. The van der Waals surface area contributed by atoms with E-state index >= 15 is 0 Å². The van der Waals surface area contributed by atoms with E-state index in [9.17, 15) is 9.69 Å². The zero-order valence-electron chi connectivity index (χ0n) is 12.5. The molecule has 2 heterocycles. The van der Waals surface area contributed by atoms with Gasteiger partial charge >= 0.3 is 14.6 Å². The number of ether oxygens (including phenoxy) is 1. The van der Waals surface area contributed by atoms with Gasteiger partial charge in [0.15, 0.2) is 12.4 Å². The molecule has 1 aliphatic rings. The average Bonchev–Trinajstić information content (AvgIpc) is 3.03. The Morgan fingerprint density at radius 3 is 2.86 bits per heavy atom. The highest BCUT2D eigenvalue weighted by molar-refractivity contribution is 7.40. The summed E-state index contributed by atoms with van der Waals surface area (Å²) in [5, 5.41) is 16.0. The Hall–Kier alpha value is -1.15. The minimum Gasteiger partial charge on any atom is -0.477 e. The van der Waals surface area contributed by atoms with Gasteiger partial charge in [-0.25, -0.2) is 4.79 Å². The highest BCUT2D eigenvalue weighted by Crippen LogP contribution is 2.33. The van der Waals surface area contributed by atoms with Crippen LogP contribution in [0.1, 0.15) is 29.4 Å². The zero-order valence-corrected chi connectivity index (χ0v) is 13.3. The van der Waals surface area contributed by atoms with Crippen molar-refractivity contribution >= 4 is 14.6 Å². The summed E-state index contributed by atoms with van der Waals surface area (Å²) < 4.78 is 17.2. The number of aliphatic hydroxyl groups excluding tert-OH is 1. The van der Waals surface area contributed by atoms with Crippen LogP contribution < -0.4 is 4.57 Å². The highest BCUT2D eigenvalue weighted by atomic mass is 31.2. The lowest BCUT2D eigenvalue weighted by molar-refractivity contribution is -0.759. The molecule has 0 bridgehead atoms. The number of carboxylic acid groups (broad SMARTS) is 1. The number of carbonyl (C=O) groups is 1. The van der Waals surface area contributed by atoms with E-state index in [4.69, 9.17) is 19.5 Å². The third kappa shape index (κ3) is 5.57. The second-order valence-electron chi connectivity index (χ2n) is 4.35. The number of hydrogen-bond acceptors (Lipinski definition) is 6. The van der Waals surface area contributed by atoms with Gasteiger partial charge in [-0.05, 0) is 12.5 Å². The first-order chi connectivity index (χ1) is 10.6. The fourth-order valence-corrected chi connectivity index (χ4v) is 2.43. The van der Waals surface area contributed by atoms with Crippen molar-refractivity contribution in [3.05, 3.63) is 30.1 Å². The van der Waals surface area contributed by atoms with Crippen molar-refractivity contribution in [2.75, 3.05) is 20.8 Å². The molecule has 0 aliphatic carbocycles. The molecule has 0 radical (unpaired) electrons. The van der Waals surface area contributed by atoms with Crippen LogP contribution >= 0.6 is 8.60 Å². The predicted molar refractivity (Wildman–Crippen MR) is 77.0 cm³/mol. The maximum absolute atomic E-state index is 10.9. The SMILES string of the molecule is CO.COP(O)OCC1CCC([n+]2cccc(C(=O)O)c2)O1. The third-order valence-corrected chi connectivity index (χ3v) is 3.70. The molecule has 3 N–H and O–H groups in total.